The molecule has 2 atom stereocenters. The number of benzene rings is 3. The molecule has 0 saturated carbocycles. The van der Waals surface area contributed by atoms with Gasteiger partial charge >= 0.3 is 12.4 Å². The Morgan fingerprint density at radius 1 is 1.00 bits per heavy atom. The summed E-state index contributed by atoms with van der Waals surface area (Å²) in [5.41, 5.74) is -1.39. The first kappa shape index (κ1) is 35.1. The van der Waals surface area contributed by atoms with Crippen LogP contribution in [0.5, 0.6) is 0 Å². The molecule has 0 spiro atoms. The third-order valence-corrected chi connectivity index (χ3v) is 9.77. The quantitative estimate of drug-likeness (QED) is 0.172. The smallest absolute Gasteiger partial charge is 0.392 e. The Labute approximate surface area is 274 Å². The topological polar surface area (TPSA) is 69.6 Å². The maximum atomic E-state index is 14.2. The molecule has 1 aliphatic heterocycles. The number of alkyl halides is 6. The molecule has 13 heteroatoms. The molecular formula is C32H31F6IN2O3S. The van der Waals surface area contributed by atoms with Crippen LogP contribution in [0.3, 0.4) is 0 Å². The average molecular weight is 765 g/mol. The van der Waals surface area contributed by atoms with E-state index in [1.807, 2.05) is 55.5 Å². The molecule has 1 heterocycles. The summed E-state index contributed by atoms with van der Waals surface area (Å²) in [5, 5.41) is 12.6. The number of hydrogen-bond acceptors (Lipinski definition) is 4. The van der Waals surface area contributed by atoms with Crippen LogP contribution in [0.1, 0.15) is 59.7 Å². The lowest BCUT2D eigenvalue weighted by molar-refractivity contribution is -0.143. The number of aliphatic hydroxyl groups excluding tert-OH is 1. The van der Waals surface area contributed by atoms with Gasteiger partial charge in [0.1, 0.15) is 4.75 Å². The zero-order valence-electron chi connectivity index (χ0n) is 24.5. The molecule has 1 aliphatic rings. The molecule has 0 aromatic heterocycles. The molecule has 0 unspecified atom stereocenters. The standard InChI is InChI=1S/C32H31F6IN2O3S/c1-18(2)15-40-29(44)30(45-24-7-4-19(3)5-8-24)14-27(43)41(28(30)25-9-6-20(17-42)12-26(25)39)16-21-10-22(31(33,34)35)13-23(11-21)32(36,37)38/h4-13,18,28,42H,14-17H2,1-3H3,(H,40,44)/t28-,30-/m1/s1. The number of amides is 2. The lowest BCUT2D eigenvalue weighted by Crippen LogP contribution is -2.49. The van der Waals surface area contributed by atoms with Gasteiger partial charge in [-0.2, -0.15) is 26.3 Å². The van der Waals surface area contributed by atoms with Gasteiger partial charge in [0.2, 0.25) is 11.8 Å². The minimum atomic E-state index is -5.07. The number of hydrogen-bond donors (Lipinski definition) is 2. The van der Waals surface area contributed by atoms with E-state index >= 15 is 0 Å². The summed E-state index contributed by atoms with van der Waals surface area (Å²) < 4.78 is 81.3. The molecule has 5 nitrogen and oxygen atoms in total. The first-order valence-corrected chi connectivity index (χ1v) is 15.8. The Kier molecular flexibility index (Phi) is 10.5. The van der Waals surface area contributed by atoms with Crippen molar-refractivity contribution >= 4 is 46.2 Å². The van der Waals surface area contributed by atoms with E-state index < -0.39 is 52.6 Å². The molecule has 1 saturated heterocycles. The van der Waals surface area contributed by atoms with Crippen molar-refractivity contribution in [3.8, 4) is 0 Å². The monoisotopic (exact) mass is 764 g/mol. The summed E-state index contributed by atoms with van der Waals surface area (Å²) >= 11 is 3.13. The van der Waals surface area contributed by atoms with Crippen molar-refractivity contribution < 1.29 is 41.0 Å². The van der Waals surface area contributed by atoms with Gasteiger partial charge in [-0.05, 0) is 88.5 Å². The van der Waals surface area contributed by atoms with Crippen LogP contribution in [0.2, 0.25) is 0 Å². The highest BCUT2D eigenvalue weighted by molar-refractivity contribution is 14.1. The number of rotatable bonds is 9. The van der Waals surface area contributed by atoms with Crippen molar-refractivity contribution in [2.24, 2.45) is 5.92 Å². The van der Waals surface area contributed by atoms with Crippen LogP contribution < -0.4 is 5.32 Å². The molecule has 3 aromatic carbocycles. The Bertz CT molecular complexity index is 1530. The van der Waals surface area contributed by atoms with E-state index in [4.69, 9.17) is 0 Å². The molecule has 0 aliphatic carbocycles. The minimum absolute atomic E-state index is 0.0419. The van der Waals surface area contributed by atoms with Gasteiger partial charge in [0.25, 0.3) is 0 Å². The summed E-state index contributed by atoms with van der Waals surface area (Å²) in [6.45, 7) is 5.06. The van der Waals surface area contributed by atoms with E-state index in [9.17, 15) is 41.0 Å². The number of aryl methyl sites for hydroxylation is 1. The molecule has 45 heavy (non-hydrogen) atoms. The highest BCUT2D eigenvalue weighted by Crippen LogP contribution is 2.54. The molecule has 242 valence electrons. The predicted octanol–water partition coefficient (Wildman–Crippen LogP) is 7.91. The zero-order chi connectivity index (χ0) is 33.3. The number of likely N-dealkylation sites (tertiary alicyclic amines) is 1. The fourth-order valence-electron chi connectivity index (χ4n) is 5.22. The maximum Gasteiger partial charge on any atom is 0.416 e. The fourth-order valence-corrected chi connectivity index (χ4v) is 7.51. The van der Waals surface area contributed by atoms with Crippen molar-refractivity contribution in [3.05, 3.63) is 97.6 Å². The Morgan fingerprint density at radius 2 is 1.60 bits per heavy atom. The summed E-state index contributed by atoms with van der Waals surface area (Å²) in [4.78, 5) is 30.0. The van der Waals surface area contributed by atoms with Crippen LogP contribution in [0, 0.1) is 16.4 Å². The Morgan fingerprint density at radius 3 is 2.11 bits per heavy atom. The number of aliphatic hydroxyl groups is 1. The van der Waals surface area contributed by atoms with Gasteiger partial charge < -0.3 is 15.3 Å². The second-order valence-electron chi connectivity index (χ2n) is 11.4. The lowest BCUT2D eigenvalue weighted by Gasteiger charge is -2.37. The normalized spacial score (nSPS) is 19.0. The first-order chi connectivity index (χ1) is 20.9. The SMILES string of the molecule is Cc1ccc(S[C@]2(C(=O)NCC(C)C)CC(=O)N(Cc3cc(C(F)(F)F)cc(C(F)(F)F)c3)[C@@H]2c2ccc(CO)cc2I)cc1. The zero-order valence-corrected chi connectivity index (χ0v) is 27.5. The van der Waals surface area contributed by atoms with Gasteiger partial charge in [-0.25, -0.2) is 0 Å². The number of halogens is 7. The molecule has 2 N–H and O–H groups in total. The van der Waals surface area contributed by atoms with Crippen molar-refractivity contribution in [2.75, 3.05) is 6.54 Å². The van der Waals surface area contributed by atoms with Gasteiger partial charge in [-0.1, -0.05) is 43.7 Å². The van der Waals surface area contributed by atoms with Gasteiger partial charge in [0, 0.05) is 21.6 Å². The first-order valence-electron chi connectivity index (χ1n) is 14.0. The predicted molar refractivity (Wildman–Crippen MR) is 167 cm³/mol. The Balaban J connectivity index is 1.93. The molecular weight excluding hydrogens is 733 g/mol. The van der Waals surface area contributed by atoms with E-state index in [0.29, 0.717) is 31.7 Å². The van der Waals surface area contributed by atoms with Crippen LogP contribution >= 0.6 is 34.4 Å². The van der Waals surface area contributed by atoms with E-state index in [1.165, 1.54) is 4.90 Å². The summed E-state index contributed by atoms with van der Waals surface area (Å²) in [6.07, 6.45) is -10.5. The van der Waals surface area contributed by atoms with Crippen LogP contribution in [0.4, 0.5) is 26.3 Å². The number of carbonyl (C=O) groups is 2. The number of carbonyl (C=O) groups excluding carboxylic acids is 2. The van der Waals surface area contributed by atoms with Gasteiger partial charge in [-0.3, -0.25) is 9.59 Å². The second kappa shape index (κ2) is 13.5. The molecule has 4 rings (SSSR count). The molecule has 1 fully saturated rings. The van der Waals surface area contributed by atoms with Gasteiger partial charge in [0.15, 0.2) is 0 Å². The lowest BCUT2D eigenvalue weighted by atomic mass is 9.90. The third-order valence-electron chi connectivity index (χ3n) is 7.41. The van der Waals surface area contributed by atoms with E-state index in [-0.39, 0.29) is 37.1 Å². The fraction of sp³-hybridized carbons (Fsp3) is 0.375. The van der Waals surface area contributed by atoms with Gasteiger partial charge in [0.05, 0.1) is 30.2 Å². The van der Waals surface area contributed by atoms with Crippen molar-refractivity contribution in [2.45, 2.75) is 68.4 Å². The maximum absolute atomic E-state index is 14.2. The number of nitrogens with one attached hydrogen (secondary N) is 1. The molecule has 0 radical (unpaired) electrons. The Hall–Kier alpha value is -2.78. The largest absolute Gasteiger partial charge is 0.416 e. The summed E-state index contributed by atoms with van der Waals surface area (Å²) in [7, 11) is 0. The highest BCUT2D eigenvalue weighted by Gasteiger charge is 2.58. The number of nitrogens with zero attached hydrogens (tertiary/aromatic N) is 1. The van der Waals surface area contributed by atoms with Crippen LogP contribution in [0.15, 0.2) is 65.6 Å². The van der Waals surface area contributed by atoms with Crippen LogP contribution in [0.25, 0.3) is 0 Å². The van der Waals surface area contributed by atoms with E-state index in [1.54, 1.807) is 30.3 Å². The highest BCUT2D eigenvalue weighted by atomic mass is 127. The van der Waals surface area contributed by atoms with E-state index in [0.717, 1.165) is 17.3 Å². The molecule has 2 amide bonds. The van der Waals surface area contributed by atoms with E-state index in [2.05, 4.69) is 5.32 Å². The summed E-state index contributed by atoms with van der Waals surface area (Å²) in [6, 6.07) is 12.3. The van der Waals surface area contributed by atoms with Crippen molar-refractivity contribution in [1.82, 2.24) is 10.2 Å². The third kappa shape index (κ3) is 7.97. The van der Waals surface area contributed by atoms with Crippen molar-refractivity contribution in [1.29, 1.82) is 0 Å². The summed E-state index contributed by atoms with van der Waals surface area (Å²) in [5.74, 6) is -1.03. The minimum Gasteiger partial charge on any atom is -0.392 e. The van der Waals surface area contributed by atoms with Crippen molar-refractivity contribution in [3.63, 3.8) is 0 Å². The average Bonchev–Trinajstić information content (AvgIpc) is 3.22. The molecule has 0 bridgehead atoms. The second-order valence-corrected chi connectivity index (χ2v) is 14.0. The number of thioether (sulfide) groups is 1. The van der Waals surface area contributed by atoms with Gasteiger partial charge in [-0.15, -0.1) is 11.8 Å². The van der Waals surface area contributed by atoms with Crippen LogP contribution in [-0.4, -0.2) is 33.1 Å². The molecule has 3 aromatic rings. The van der Waals surface area contributed by atoms with Crippen LogP contribution in [-0.2, 0) is 35.1 Å².